The maximum Gasteiger partial charge on any atom is 0.214 e. The zero-order valence-electron chi connectivity index (χ0n) is 11.7. The molecular weight excluding hydrogens is 272 g/mol. The average molecular weight is 299 g/mol. The molecule has 4 nitrogen and oxygen atoms in total. The van der Waals surface area contributed by atoms with Crippen LogP contribution in [0.25, 0.3) is 0 Å². The Bertz CT molecular complexity index is 318. The largest absolute Gasteiger partial charge is 0.319 e. The van der Waals surface area contributed by atoms with Crippen molar-refractivity contribution in [1.82, 2.24) is 9.62 Å². The van der Waals surface area contributed by atoms with E-state index in [2.05, 4.69) is 19.2 Å². The minimum atomic E-state index is -3.03. The van der Waals surface area contributed by atoms with Gasteiger partial charge in [-0.2, -0.15) is 0 Å². The fourth-order valence-corrected chi connectivity index (χ4v) is 4.53. The van der Waals surface area contributed by atoms with Gasteiger partial charge in [-0.15, -0.1) is 12.4 Å². The highest BCUT2D eigenvalue weighted by Gasteiger charge is 2.31. The van der Waals surface area contributed by atoms with Gasteiger partial charge in [0.15, 0.2) is 0 Å². The highest BCUT2D eigenvalue weighted by molar-refractivity contribution is 7.89. The molecule has 18 heavy (non-hydrogen) atoms. The van der Waals surface area contributed by atoms with Crippen LogP contribution in [0.5, 0.6) is 0 Å². The fraction of sp³-hybridized carbons (Fsp3) is 1.00. The first-order valence-electron chi connectivity index (χ1n) is 6.65. The third-order valence-electron chi connectivity index (χ3n) is 3.74. The summed E-state index contributed by atoms with van der Waals surface area (Å²) in [5, 5.41) is 3.12. The molecule has 0 amide bonds. The summed E-state index contributed by atoms with van der Waals surface area (Å²) >= 11 is 0. The molecule has 0 spiro atoms. The van der Waals surface area contributed by atoms with Crippen molar-refractivity contribution in [1.29, 1.82) is 0 Å². The molecule has 1 atom stereocenters. The summed E-state index contributed by atoms with van der Waals surface area (Å²) in [4.78, 5) is 0. The third kappa shape index (κ3) is 5.03. The van der Waals surface area contributed by atoms with Gasteiger partial charge in [-0.25, -0.2) is 12.7 Å². The quantitative estimate of drug-likeness (QED) is 0.778. The van der Waals surface area contributed by atoms with E-state index in [-0.39, 0.29) is 12.4 Å². The van der Waals surface area contributed by atoms with Crippen molar-refractivity contribution in [2.24, 2.45) is 11.8 Å². The minimum absolute atomic E-state index is 0. The molecule has 1 aliphatic heterocycles. The van der Waals surface area contributed by atoms with Crippen LogP contribution in [0.3, 0.4) is 0 Å². The van der Waals surface area contributed by atoms with Crippen LogP contribution in [0, 0.1) is 11.8 Å². The molecule has 110 valence electrons. The van der Waals surface area contributed by atoms with E-state index >= 15 is 0 Å². The second-order valence-electron chi connectivity index (χ2n) is 5.03. The van der Waals surface area contributed by atoms with Crippen molar-refractivity contribution < 1.29 is 8.42 Å². The van der Waals surface area contributed by atoms with Crippen LogP contribution in [-0.2, 0) is 10.0 Å². The molecule has 1 heterocycles. The number of rotatable bonds is 7. The Balaban J connectivity index is 0.00000289. The Kier molecular flexibility index (Phi) is 8.43. The standard InChI is InChI=1S/C12H26N2O2S.ClH/c1-4-11(5-2)10-17(15,16)14-7-6-12(9-14)8-13-3;/h11-13H,4-10H2,1-3H3;1H. The summed E-state index contributed by atoms with van der Waals surface area (Å²) in [6.45, 7) is 6.45. The average Bonchev–Trinajstić information content (AvgIpc) is 2.76. The molecule has 0 aliphatic carbocycles. The van der Waals surface area contributed by atoms with Crippen molar-refractivity contribution in [3.8, 4) is 0 Å². The molecule has 1 aliphatic rings. The lowest BCUT2D eigenvalue weighted by Crippen LogP contribution is -2.34. The van der Waals surface area contributed by atoms with E-state index in [4.69, 9.17) is 0 Å². The highest BCUT2D eigenvalue weighted by Crippen LogP contribution is 2.21. The molecule has 0 aromatic heterocycles. The fourth-order valence-electron chi connectivity index (χ4n) is 2.43. The predicted molar refractivity (Wildman–Crippen MR) is 78.7 cm³/mol. The van der Waals surface area contributed by atoms with Gasteiger partial charge in [-0.05, 0) is 31.8 Å². The van der Waals surface area contributed by atoms with Crippen LogP contribution in [0.1, 0.15) is 33.1 Å². The first-order valence-corrected chi connectivity index (χ1v) is 8.26. The molecule has 1 rings (SSSR count). The molecule has 0 bridgehead atoms. The first kappa shape index (κ1) is 18.2. The number of hydrogen-bond donors (Lipinski definition) is 1. The van der Waals surface area contributed by atoms with Crippen LogP contribution >= 0.6 is 12.4 Å². The Morgan fingerprint density at radius 3 is 2.44 bits per heavy atom. The van der Waals surface area contributed by atoms with Gasteiger partial charge in [0.25, 0.3) is 0 Å². The lowest BCUT2D eigenvalue weighted by Gasteiger charge is -2.20. The van der Waals surface area contributed by atoms with Crippen LogP contribution in [0.15, 0.2) is 0 Å². The van der Waals surface area contributed by atoms with E-state index in [9.17, 15) is 8.42 Å². The van der Waals surface area contributed by atoms with Crippen LogP contribution < -0.4 is 5.32 Å². The van der Waals surface area contributed by atoms with Gasteiger partial charge < -0.3 is 5.32 Å². The van der Waals surface area contributed by atoms with E-state index in [1.807, 2.05) is 7.05 Å². The Morgan fingerprint density at radius 2 is 1.94 bits per heavy atom. The van der Waals surface area contributed by atoms with Crippen molar-refractivity contribution >= 4 is 22.4 Å². The summed E-state index contributed by atoms with van der Waals surface area (Å²) < 4.78 is 26.1. The van der Waals surface area contributed by atoms with E-state index in [0.29, 0.717) is 30.7 Å². The summed E-state index contributed by atoms with van der Waals surface area (Å²) in [5.41, 5.74) is 0. The maximum atomic E-state index is 12.2. The summed E-state index contributed by atoms with van der Waals surface area (Å²) in [6, 6.07) is 0. The first-order chi connectivity index (χ1) is 8.03. The summed E-state index contributed by atoms with van der Waals surface area (Å²) in [5.74, 6) is 1.12. The molecule has 0 aromatic rings. The molecule has 1 fully saturated rings. The summed E-state index contributed by atoms with van der Waals surface area (Å²) in [6.07, 6.45) is 2.88. The molecular formula is C12H27ClN2O2S. The molecule has 1 unspecified atom stereocenters. The smallest absolute Gasteiger partial charge is 0.214 e. The second kappa shape index (κ2) is 8.35. The van der Waals surface area contributed by atoms with Gasteiger partial charge in [0.1, 0.15) is 0 Å². The lowest BCUT2D eigenvalue weighted by atomic mass is 10.1. The van der Waals surface area contributed by atoms with Crippen molar-refractivity contribution in [2.75, 3.05) is 32.4 Å². The topological polar surface area (TPSA) is 49.4 Å². The van der Waals surface area contributed by atoms with Gasteiger partial charge in [-0.1, -0.05) is 26.7 Å². The Hall–Kier alpha value is 0.160. The van der Waals surface area contributed by atoms with Gasteiger partial charge in [0, 0.05) is 13.1 Å². The normalized spacial score (nSPS) is 21.2. The SMILES string of the molecule is CCC(CC)CS(=O)(=O)N1CCC(CNC)C1.Cl. The molecule has 0 radical (unpaired) electrons. The van der Waals surface area contributed by atoms with Crippen molar-refractivity contribution in [3.63, 3.8) is 0 Å². The summed E-state index contributed by atoms with van der Waals surface area (Å²) in [7, 11) is -1.11. The van der Waals surface area contributed by atoms with E-state index in [1.165, 1.54) is 0 Å². The number of nitrogens with one attached hydrogen (secondary N) is 1. The van der Waals surface area contributed by atoms with E-state index in [0.717, 1.165) is 25.8 Å². The second-order valence-corrected chi connectivity index (χ2v) is 7.05. The van der Waals surface area contributed by atoms with Crippen LogP contribution in [-0.4, -0.2) is 45.2 Å². The Morgan fingerprint density at radius 1 is 1.33 bits per heavy atom. The number of nitrogens with zero attached hydrogens (tertiary/aromatic N) is 1. The predicted octanol–water partition coefficient (Wildman–Crippen LogP) is 1.72. The van der Waals surface area contributed by atoms with Gasteiger partial charge in [-0.3, -0.25) is 0 Å². The zero-order chi connectivity index (χ0) is 12.9. The number of sulfonamides is 1. The van der Waals surface area contributed by atoms with Gasteiger partial charge in [0.2, 0.25) is 10.0 Å². The van der Waals surface area contributed by atoms with E-state index in [1.54, 1.807) is 4.31 Å². The van der Waals surface area contributed by atoms with Gasteiger partial charge in [0.05, 0.1) is 5.75 Å². The molecule has 1 N–H and O–H groups in total. The molecule has 0 saturated carbocycles. The lowest BCUT2D eigenvalue weighted by molar-refractivity contribution is 0.436. The van der Waals surface area contributed by atoms with Crippen molar-refractivity contribution in [2.45, 2.75) is 33.1 Å². The molecule has 1 saturated heterocycles. The zero-order valence-corrected chi connectivity index (χ0v) is 13.3. The van der Waals surface area contributed by atoms with Gasteiger partial charge >= 0.3 is 0 Å². The number of hydrogen-bond acceptors (Lipinski definition) is 3. The third-order valence-corrected chi connectivity index (χ3v) is 5.75. The van der Waals surface area contributed by atoms with E-state index < -0.39 is 10.0 Å². The van der Waals surface area contributed by atoms with Crippen LogP contribution in [0.2, 0.25) is 0 Å². The molecule has 6 heteroatoms. The maximum absolute atomic E-state index is 12.2. The monoisotopic (exact) mass is 298 g/mol. The molecule has 0 aromatic carbocycles. The minimum Gasteiger partial charge on any atom is -0.319 e. The highest BCUT2D eigenvalue weighted by atomic mass is 35.5. The number of halogens is 1. The Labute approximate surface area is 118 Å². The van der Waals surface area contributed by atoms with Crippen LogP contribution in [0.4, 0.5) is 0 Å². The van der Waals surface area contributed by atoms with Crippen molar-refractivity contribution in [3.05, 3.63) is 0 Å².